The highest BCUT2D eigenvalue weighted by Crippen LogP contribution is 2.36. The van der Waals surface area contributed by atoms with Gasteiger partial charge in [0.2, 0.25) is 5.91 Å². The van der Waals surface area contributed by atoms with E-state index in [1.54, 1.807) is 11.1 Å². The highest BCUT2D eigenvalue weighted by molar-refractivity contribution is 7.12. The lowest BCUT2D eigenvalue weighted by molar-refractivity contribution is -0.127. The molecule has 0 spiro atoms. The van der Waals surface area contributed by atoms with E-state index < -0.39 is 11.7 Å². The molecule has 3 heterocycles. The number of carbonyl (C=O) groups excluding carboxylic acids is 2. The van der Waals surface area contributed by atoms with Gasteiger partial charge in [-0.05, 0) is 50.3 Å². The van der Waals surface area contributed by atoms with Crippen LogP contribution in [0.5, 0.6) is 0 Å². The summed E-state index contributed by atoms with van der Waals surface area (Å²) in [6.07, 6.45) is 2.21. The Morgan fingerprint density at radius 2 is 2.06 bits per heavy atom. The average molecular weight is 479 g/mol. The molecule has 0 fully saturated rings. The number of fused-ring (bicyclic) bond motifs is 1. The molecule has 0 aromatic carbocycles. The van der Waals surface area contributed by atoms with Crippen LogP contribution in [0, 0.1) is 0 Å². The summed E-state index contributed by atoms with van der Waals surface area (Å²) in [5, 5.41) is 4.57. The minimum Gasteiger partial charge on any atom is -0.444 e. The number of ether oxygens (including phenoxy) is 1. The molecule has 0 saturated heterocycles. The van der Waals surface area contributed by atoms with Crippen LogP contribution in [0.25, 0.3) is 5.47 Å². The molecule has 34 heavy (non-hydrogen) atoms. The van der Waals surface area contributed by atoms with Crippen molar-refractivity contribution >= 4 is 48.2 Å². The molecule has 1 aliphatic rings. The zero-order chi connectivity index (χ0) is 24.9. The number of aliphatic imine (C=N–C) groups is 1. The highest BCUT2D eigenvalue weighted by Gasteiger charge is 2.25. The number of rotatable bonds is 7. The number of carbonyl (C=O) groups is 2. The molecule has 3 N–H and O–H groups in total. The number of nitrogens with zero attached hydrogens (tertiary/aromatic N) is 3. The Hall–Kier alpha value is -3.14. The lowest BCUT2D eigenvalue weighted by Crippen LogP contribution is -2.34. The van der Waals surface area contributed by atoms with E-state index in [0.29, 0.717) is 41.4 Å². The van der Waals surface area contributed by atoms with Gasteiger partial charge in [0.25, 0.3) is 0 Å². The third kappa shape index (κ3) is 6.69. The number of hydrogen-bond donors (Lipinski definition) is 2. The van der Waals surface area contributed by atoms with Gasteiger partial charge in [0, 0.05) is 36.2 Å². The van der Waals surface area contributed by atoms with Gasteiger partial charge in [-0.2, -0.15) is 0 Å². The molecule has 2 radical (unpaired) electrons. The summed E-state index contributed by atoms with van der Waals surface area (Å²) in [6, 6.07) is 5.57. The number of hydrogen-bond acceptors (Lipinski definition) is 7. The lowest BCUT2D eigenvalue weighted by atomic mass is 9.86. The molecule has 8 nitrogen and oxygen atoms in total. The van der Waals surface area contributed by atoms with E-state index in [1.165, 1.54) is 11.3 Å². The number of alkyl carbamates (subject to hydrolysis) is 1. The average Bonchev–Trinajstić information content (AvgIpc) is 3.18. The summed E-state index contributed by atoms with van der Waals surface area (Å²) in [7, 11) is 6.40. The van der Waals surface area contributed by atoms with E-state index in [2.05, 4.69) is 15.3 Å². The van der Waals surface area contributed by atoms with Crippen molar-refractivity contribution < 1.29 is 14.3 Å². The second-order valence-electron chi connectivity index (χ2n) is 9.05. The summed E-state index contributed by atoms with van der Waals surface area (Å²) >= 11 is 1.44. The number of amidine groups is 1. The van der Waals surface area contributed by atoms with Crippen molar-refractivity contribution in [1.82, 2.24) is 15.2 Å². The number of amides is 2. The van der Waals surface area contributed by atoms with Crippen LogP contribution in [0.2, 0.25) is 0 Å². The molecular formula is C24H30BN5O3S. The molecule has 2 aromatic heterocycles. The molecule has 2 amide bonds. The first-order valence-electron chi connectivity index (χ1n) is 11.2. The molecule has 178 valence electrons. The Kier molecular flexibility index (Phi) is 8.14. The van der Waals surface area contributed by atoms with Crippen molar-refractivity contribution in [2.75, 3.05) is 6.54 Å². The van der Waals surface area contributed by atoms with Crippen molar-refractivity contribution in [2.24, 2.45) is 10.7 Å². The largest absolute Gasteiger partial charge is 0.444 e. The zero-order valence-corrected chi connectivity index (χ0v) is 20.9. The molecular weight excluding hydrogens is 449 g/mol. The van der Waals surface area contributed by atoms with Crippen LogP contribution in [0.3, 0.4) is 0 Å². The Morgan fingerprint density at radius 1 is 1.29 bits per heavy atom. The topological polar surface area (TPSA) is 110 Å². The first-order valence-corrected chi connectivity index (χ1v) is 12.0. The zero-order valence-electron chi connectivity index (χ0n) is 20.1. The Morgan fingerprint density at radius 3 is 2.71 bits per heavy atom. The Balaban J connectivity index is 1.70. The van der Waals surface area contributed by atoms with E-state index in [4.69, 9.17) is 18.3 Å². The minimum atomic E-state index is -0.561. The van der Waals surface area contributed by atoms with E-state index in [1.807, 2.05) is 51.3 Å². The van der Waals surface area contributed by atoms with Crippen molar-refractivity contribution in [2.45, 2.75) is 59.2 Å². The van der Waals surface area contributed by atoms with Crippen LogP contribution in [-0.2, 0) is 22.6 Å². The number of aromatic nitrogens is 1. The number of thiophene rings is 1. The molecule has 10 heteroatoms. The van der Waals surface area contributed by atoms with Gasteiger partial charge in [-0.1, -0.05) is 18.5 Å². The molecule has 0 aliphatic carbocycles. The predicted molar refractivity (Wildman–Crippen MR) is 136 cm³/mol. The maximum Gasteiger partial charge on any atom is 0.407 e. The number of pyridine rings is 1. The standard InChI is InChI=1S/C24H30BN5O3S/c1-5-9-30(22(31)17-11-19(26)29-18-8-10-34-21(18)20(17)25)14-15-6-7-16(27-12-15)13-28-23(32)33-24(2,3)4/h6-8,10,12H,5,9,11,13-14H2,1-4H3,(H2,26,29)(H,28,32). The van der Waals surface area contributed by atoms with Crippen molar-refractivity contribution in [3.8, 4) is 0 Å². The maximum absolute atomic E-state index is 13.5. The van der Waals surface area contributed by atoms with E-state index >= 15 is 0 Å². The second-order valence-corrected chi connectivity index (χ2v) is 9.96. The quantitative estimate of drug-likeness (QED) is 0.586. The minimum absolute atomic E-state index is 0.158. The predicted octanol–water partition coefficient (Wildman–Crippen LogP) is 3.88. The molecule has 1 aliphatic heterocycles. The van der Waals surface area contributed by atoms with Gasteiger partial charge < -0.3 is 20.7 Å². The van der Waals surface area contributed by atoms with Gasteiger partial charge >= 0.3 is 6.09 Å². The van der Waals surface area contributed by atoms with Crippen LogP contribution < -0.4 is 11.1 Å². The molecule has 0 bridgehead atoms. The van der Waals surface area contributed by atoms with Gasteiger partial charge in [-0.15, -0.1) is 11.3 Å². The van der Waals surface area contributed by atoms with Gasteiger partial charge in [-0.3, -0.25) is 9.78 Å². The molecule has 0 saturated carbocycles. The lowest BCUT2D eigenvalue weighted by Gasteiger charge is -2.24. The van der Waals surface area contributed by atoms with Crippen LogP contribution in [0.4, 0.5) is 10.5 Å². The number of nitrogens with two attached hydrogens (primary N) is 1. The first kappa shape index (κ1) is 25.5. The van der Waals surface area contributed by atoms with Crippen molar-refractivity contribution in [3.63, 3.8) is 0 Å². The Labute approximate surface area is 205 Å². The van der Waals surface area contributed by atoms with E-state index in [0.717, 1.165) is 16.9 Å². The summed E-state index contributed by atoms with van der Waals surface area (Å²) in [5.41, 5.74) is 8.66. The molecule has 0 atom stereocenters. The summed E-state index contributed by atoms with van der Waals surface area (Å²) in [4.78, 5) is 36.7. The monoisotopic (exact) mass is 479 g/mol. The van der Waals surface area contributed by atoms with E-state index in [-0.39, 0.29) is 18.9 Å². The van der Waals surface area contributed by atoms with Gasteiger partial charge in [0.1, 0.15) is 19.3 Å². The molecule has 0 unspecified atom stereocenters. The fraction of sp³-hybridized carbons (Fsp3) is 0.417. The molecule has 3 rings (SSSR count). The normalized spacial score (nSPS) is 13.6. The summed E-state index contributed by atoms with van der Waals surface area (Å²) in [5.74, 6) is 0.206. The second kappa shape index (κ2) is 10.9. The van der Waals surface area contributed by atoms with Crippen LogP contribution in [-0.4, -0.2) is 47.7 Å². The third-order valence-corrected chi connectivity index (χ3v) is 5.88. The maximum atomic E-state index is 13.5. The first-order chi connectivity index (χ1) is 16.1. The van der Waals surface area contributed by atoms with Crippen molar-refractivity contribution in [3.05, 3.63) is 51.5 Å². The summed E-state index contributed by atoms with van der Waals surface area (Å²) in [6.45, 7) is 8.63. The van der Waals surface area contributed by atoms with Gasteiger partial charge in [0.05, 0.1) is 17.9 Å². The highest BCUT2D eigenvalue weighted by atomic mass is 32.1. The van der Waals surface area contributed by atoms with Crippen molar-refractivity contribution in [1.29, 1.82) is 0 Å². The van der Waals surface area contributed by atoms with E-state index in [9.17, 15) is 9.59 Å². The third-order valence-electron chi connectivity index (χ3n) is 4.95. The number of nitrogens with one attached hydrogen (secondary N) is 1. The molecule has 2 aromatic rings. The van der Waals surface area contributed by atoms with Gasteiger partial charge in [-0.25, -0.2) is 9.79 Å². The fourth-order valence-electron chi connectivity index (χ4n) is 3.45. The summed E-state index contributed by atoms with van der Waals surface area (Å²) < 4.78 is 5.24. The SMILES string of the molecule is [B]C1=C(C(=O)N(CCC)Cc2ccc(CNC(=O)OC(C)(C)C)nc2)CC(N)=Nc2ccsc21. The van der Waals surface area contributed by atoms with Crippen LogP contribution in [0.15, 0.2) is 40.3 Å². The van der Waals surface area contributed by atoms with Crippen LogP contribution >= 0.6 is 11.3 Å². The Bertz CT molecular complexity index is 1100. The van der Waals surface area contributed by atoms with Crippen LogP contribution in [0.1, 0.15) is 56.7 Å². The fourth-order valence-corrected chi connectivity index (χ4v) is 4.27. The van der Waals surface area contributed by atoms with Gasteiger partial charge in [0.15, 0.2) is 0 Å². The smallest absolute Gasteiger partial charge is 0.407 e.